The predicted octanol–water partition coefficient (Wildman–Crippen LogP) is 4.67. The molecular formula is C26H30N4O3. The van der Waals surface area contributed by atoms with Crippen LogP contribution in [0.4, 0.5) is 11.6 Å². The highest BCUT2D eigenvalue weighted by atomic mass is 16.5. The minimum absolute atomic E-state index is 0.0160. The summed E-state index contributed by atoms with van der Waals surface area (Å²) in [5.74, 6) is 1.28. The lowest BCUT2D eigenvalue weighted by atomic mass is 9.97. The number of nitrogens with one attached hydrogen (secondary N) is 1. The molecule has 1 unspecified atom stereocenters. The number of likely N-dealkylation sites (tertiary alicyclic amines) is 1. The minimum atomic E-state index is -0.0697. The van der Waals surface area contributed by atoms with E-state index in [1.54, 1.807) is 7.11 Å². The van der Waals surface area contributed by atoms with E-state index in [2.05, 4.69) is 32.3 Å². The number of carbonyl (C=O) groups excluding carboxylic acids is 1. The summed E-state index contributed by atoms with van der Waals surface area (Å²) in [5, 5.41) is 3.25. The van der Waals surface area contributed by atoms with Crippen molar-refractivity contribution in [3.63, 3.8) is 0 Å². The molecule has 0 bridgehead atoms. The molecule has 4 rings (SSSR count). The number of benzene rings is 2. The number of carbonyl (C=O) groups is 1. The minimum Gasteiger partial charge on any atom is -0.497 e. The van der Waals surface area contributed by atoms with Gasteiger partial charge in [-0.3, -0.25) is 9.69 Å². The molecule has 0 aliphatic carbocycles. The summed E-state index contributed by atoms with van der Waals surface area (Å²) in [6, 6.07) is 16.1. The van der Waals surface area contributed by atoms with Crippen molar-refractivity contribution in [3.8, 4) is 16.9 Å². The molecule has 1 atom stereocenters. The molecule has 0 radical (unpaired) electrons. The van der Waals surface area contributed by atoms with Gasteiger partial charge in [0.15, 0.2) is 0 Å². The first-order chi connectivity index (χ1) is 16.1. The Balaban J connectivity index is 1.32. The number of ether oxygens (including phenoxy) is 2. The first-order valence-corrected chi connectivity index (χ1v) is 11.4. The molecule has 2 aromatic carbocycles. The highest BCUT2D eigenvalue weighted by Crippen LogP contribution is 2.23. The number of hydrogen-bond donors (Lipinski definition) is 1. The zero-order valence-corrected chi connectivity index (χ0v) is 19.2. The van der Waals surface area contributed by atoms with E-state index >= 15 is 0 Å². The second-order valence-electron chi connectivity index (χ2n) is 8.17. The van der Waals surface area contributed by atoms with E-state index in [0.29, 0.717) is 12.6 Å². The van der Waals surface area contributed by atoms with Gasteiger partial charge >= 0.3 is 5.97 Å². The normalized spacial score (nSPS) is 16.2. The van der Waals surface area contributed by atoms with Gasteiger partial charge in [-0.15, -0.1) is 0 Å². The molecule has 0 amide bonds. The van der Waals surface area contributed by atoms with Gasteiger partial charge < -0.3 is 14.8 Å². The maximum absolute atomic E-state index is 12.1. The molecule has 1 N–H and O–H groups in total. The van der Waals surface area contributed by atoms with Crippen molar-refractivity contribution in [1.82, 2.24) is 14.9 Å². The van der Waals surface area contributed by atoms with Crippen molar-refractivity contribution in [2.75, 3.05) is 32.1 Å². The average molecular weight is 447 g/mol. The summed E-state index contributed by atoms with van der Waals surface area (Å²) in [4.78, 5) is 23.3. The second-order valence-corrected chi connectivity index (χ2v) is 8.17. The number of piperidine rings is 1. The second kappa shape index (κ2) is 10.9. The third-order valence-corrected chi connectivity index (χ3v) is 5.82. The van der Waals surface area contributed by atoms with Crippen LogP contribution in [0, 0.1) is 5.92 Å². The van der Waals surface area contributed by atoms with Crippen LogP contribution in [0.5, 0.6) is 5.75 Å². The maximum Gasteiger partial charge on any atom is 0.310 e. The molecule has 0 spiro atoms. The van der Waals surface area contributed by atoms with Gasteiger partial charge in [-0.2, -0.15) is 0 Å². The summed E-state index contributed by atoms with van der Waals surface area (Å²) < 4.78 is 10.4. The Bertz CT molecular complexity index is 1040. The summed E-state index contributed by atoms with van der Waals surface area (Å²) in [7, 11) is 1.65. The highest BCUT2D eigenvalue weighted by molar-refractivity contribution is 5.72. The number of nitrogens with zero attached hydrogens (tertiary/aromatic N) is 3. The molecule has 1 saturated heterocycles. The monoisotopic (exact) mass is 446 g/mol. The van der Waals surface area contributed by atoms with Gasteiger partial charge in [-0.1, -0.05) is 24.3 Å². The molecular weight excluding hydrogens is 416 g/mol. The molecule has 7 heteroatoms. The molecule has 1 fully saturated rings. The van der Waals surface area contributed by atoms with Crippen LogP contribution in [-0.4, -0.2) is 47.6 Å². The average Bonchev–Trinajstić information content (AvgIpc) is 2.86. The van der Waals surface area contributed by atoms with E-state index in [9.17, 15) is 4.79 Å². The van der Waals surface area contributed by atoms with Gasteiger partial charge in [0.25, 0.3) is 0 Å². The van der Waals surface area contributed by atoms with Crippen LogP contribution < -0.4 is 10.1 Å². The van der Waals surface area contributed by atoms with Crippen LogP contribution in [0.25, 0.3) is 11.1 Å². The van der Waals surface area contributed by atoms with E-state index < -0.39 is 0 Å². The smallest absolute Gasteiger partial charge is 0.310 e. The first-order valence-electron chi connectivity index (χ1n) is 11.4. The lowest BCUT2D eigenvalue weighted by molar-refractivity contribution is -0.150. The quantitative estimate of drug-likeness (QED) is 0.504. The van der Waals surface area contributed by atoms with Crippen molar-refractivity contribution < 1.29 is 14.3 Å². The number of esters is 1. The van der Waals surface area contributed by atoms with Gasteiger partial charge in [0.1, 0.15) is 5.75 Å². The number of hydrogen-bond acceptors (Lipinski definition) is 7. The fraction of sp³-hybridized carbons (Fsp3) is 0.346. The fourth-order valence-electron chi connectivity index (χ4n) is 4.06. The lowest BCUT2D eigenvalue weighted by Crippen LogP contribution is -2.38. The predicted molar refractivity (Wildman–Crippen MR) is 128 cm³/mol. The maximum atomic E-state index is 12.1. The van der Waals surface area contributed by atoms with Crippen LogP contribution in [0.1, 0.15) is 25.3 Å². The largest absolute Gasteiger partial charge is 0.497 e. The van der Waals surface area contributed by atoms with Crippen LogP contribution in [-0.2, 0) is 16.1 Å². The van der Waals surface area contributed by atoms with Crippen molar-refractivity contribution in [2.24, 2.45) is 5.92 Å². The Morgan fingerprint density at radius 3 is 2.45 bits per heavy atom. The van der Waals surface area contributed by atoms with Crippen LogP contribution >= 0.6 is 0 Å². The number of methoxy groups -OCH3 is 1. The van der Waals surface area contributed by atoms with Gasteiger partial charge in [0, 0.05) is 36.7 Å². The zero-order valence-electron chi connectivity index (χ0n) is 19.2. The van der Waals surface area contributed by atoms with E-state index in [1.165, 1.54) is 5.56 Å². The molecule has 2 heterocycles. The summed E-state index contributed by atoms with van der Waals surface area (Å²) in [6.45, 7) is 4.88. The molecule has 172 valence electrons. The molecule has 33 heavy (non-hydrogen) atoms. The Morgan fingerprint density at radius 2 is 1.79 bits per heavy atom. The Morgan fingerprint density at radius 1 is 1.06 bits per heavy atom. The zero-order chi connectivity index (χ0) is 23.0. The van der Waals surface area contributed by atoms with Gasteiger partial charge in [-0.25, -0.2) is 9.97 Å². The lowest BCUT2D eigenvalue weighted by Gasteiger charge is -2.31. The van der Waals surface area contributed by atoms with E-state index in [-0.39, 0.29) is 11.9 Å². The Kier molecular flexibility index (Phi) is 7.52. The number of anilines is 2. The van der Waals surface area contributed by atoms with Crippen molar-refractivity contribution >= 4 is 17.6 Å². The molecule has 7 nitrogen and oxygen atoms in total. The van der Waals surface area contributed by atoms with Crippen LogP contribution in [0.2, 0.25) is 0 Å². The van der Waals surface area contributed by atoms with Gasteiger partial charge in [-0.05, 0) is 61.7 Å². The summed E-state index contributed by atoms with van der Waals surface area (Å²) in [5.41, 5.74) is 4.12. The molecule has 1 aromatic heterocycles. The van der Waals surface area contributed by atoms with Crippen LogP contribution in [0.15, 0.2) is 60.9 Å². The molecule has 0 saturated carbocycles. The fourth-order valence-corrected chi connectivity index (χ4v) is 4.06. The standard InChI is InChI=1S/C26H30N4O3/c1-3-33-25(31)21-5-4-14-30(18-21)17-19-6-10-23(11-7-19)29-26-27-15-22(16-28-26)20-8-12-24(32-2)13-9-20/h6-13,15-16,21H,3-5,14,17-18H2,1-2H3,(H,27,28,29). The van der Waals surface area contributed by atoms with Crippen molar-refractivity contribution in [1.29, 1.82) is 0 Å². The van der Waals surface area contributed by atoms with E-state index in [0.717, 1.165) is 55.0 Å². The van der Waals surface area contributed by atoms with Gasteiger partial charge in [0.2, 0.25) is 5.95 Å². The number of aromatic nitrogens is 2. The SMILES string of the molecule is CCOC(=O)C1CCCN(Cc2ccc(Nc3ncc(-c4ccc(OC)cc4)cn3)cc2)C1. The third kappa shape index (κ3) is 6.08. The Hall–Kier alpha value is -3.45. The van der Waals surface area contributed by atoms with Gasteiger partial charge in [0.05, 0.1) is 19.6 Å². The molecule has 3 aromatic rings. The van der Waals surface area contributed by atoms with Crippen molar-refractivity contribution in [3.05, 3.63) is 66.5 Å². The van der Waals surface area contributed by atoms with Crippen LogP contribution in [0.3, 0.4) is 0 Å². The van der Waals surface area contributed by atoms with E-state index in [4.69, 9.17) is 9.47 Å². The molecule has 1 aliphatic heterocycles. The summed E-state index contributed by atoms with van der Waals surface area (Å²) in [6.07, 6.45) is 5.55. The van der Waals surface area contributed by atoms with E-state index in [1.807, 2.05) is 55.7 Å². The topological polar surface area (TPSA) is 76.6 Å². The Labute approximate surface area is 194 Å². The third-order valence-electron chi connectivity index (χ3n) is 5.82. The van der Waals surface area contributed by atoms with Crippen molar-refractivity contribution in [2.45, 2.75) is 26.3 Å². The highest BCUT2D eigenvalue weighted by Gasteiger charge is 2.26. The molecule has 1 aliphatic rings. The number of rotatable bonds is 8. The summed E-state index contributed by atoms with van der Waals surface area (Å²) >= 11 is 0. The first kappa shape index (κ1) is 22.7.